The molecule has 7 nitrogen and oxygen atoms in total. The van der Waals surface area contributed by atoms with Gasteiger partial charge in [0, 0.05) is 5.56 Å². The predicted molar refractivity (Wildman–Crippen MR) is 115 cm³/mol. The van der Waals surface area contributed by atoms with E-state index >= 15 is 0 Å². The van der Waals surface area contributed by atoms with Crippen LogP contribution in [0, 0.1) is 13.8 Å². The quantitative estimate of drug-likeness (QED) is 0.436. The number of hydrogen-bond acceptors (Lipinski definition) is 5. The number of rotatable bonds is 6. The Balaban J connectivity index is 1.77. The molecule has 0 aliphatic heterocycles. The lowest BCUT2D eigenvalue weighted by Crippen LogP contribution is -2.17. The third kappa shape index (κ3) is 4.65. The van der Waals surface area contributed by atoms with E-state index in [-0.39, 0.29) is 11.3 Å². The number of methoxy groups -OCH3 is 1. The van der Waals surface area contributed by atoms with Crippen LogP contribution in [0.3, 0.4) is 0 Å². The molecule has 8 heteroatoms. The largest absolute Gasteiger partial charge is 0.507 e. The molecule has 0 atom stereocenters. The monoisotopic (exact) mass is 456 g/mol. The molecule has 0 radical (unpaired) electrons. The Kier molecular flexibility index (Phi) is 6.33. The summed E-state index contributed by atoms with van der Waals surface area (Å²) >= 11 is 3.54. The minimum Gasteiger partial charge on any atom is -0.507 e. The van der Waals surface area contributed by atoms with Gasteiger partial charge in [0.05, 0.1) is 41.3 Å². The Morgan fingerprint density at radius 2 is 2.07 bits per heavy atom. The number of nitrogens with one attached hydrogen (secondary N) is 1. The number of halogens is 1. The van der Waals surface area contributed by atoms with Crippen LogP contribution in [0.15, 0.2) is 52.0 Å². The van der Waals surface area contributed by atoms with Gasteiger partial charge in [-0.15, -0.1) is 0 Å². The molecule has 0 spiro atoms. The first-order chi connectivity index (χ1) is 13.9. The van der Waals surface area contributed by atoms with E-state index < -0.39 is 5.91 Å². The average Bonchev–Trinajstić information content (AvgIpc) is 2.95. The molecule has 0 saturated carbocycles. The smallest absolute Gasteiger partial charge is 0.275 e. The SMILES string of the molecule is COc1ccc(/C=N/NC(=O)c2ccccc2O)cc1Cn1nc(C)c(Br)c1C. The highest BCUT2D eigenvalue weighted by atomic mass is 79.9. The van der Waals surface area contributed by atoms with Crippen molar-refractivity contribution in [2.24, 2.45) is 5.10 Å². The Morgan fingerprint density at radius 3 is 2.72 bits per heavy atom. The van der Waals surface area contributed by atoms with E-state index in [1.54, 1.807) is 19.2 Å². The summed E-state index contributed by atoms with van der Waals surface area (Å²) in [6.07, 6.45) is 1.54. The van der Waals surface area contributed by atoms with E-state index in [4.69, 9.17) is 4.74 Å². The van der Waals surface area contributed by atoms with Crippen molar-refractivity contribution in [3.05, 3.63) is 75.0 Å². The van der Waals surface area contributed by atoms with Crippen LogP contribution in [-0.2, 0) is 6.54 Å². The Morgan fingerprint density at radius 1 is 1.31 bits per heavy atom. The number of para-hydroxylation sites is 1. The van der Waals surface area contributed by atoms with Gasteiger partial charge in [-0.25, -0.2) is 5.43 Å². The normalized spacial score (nSPS) is 11.0. The van der Waals surface area contributed by atoms with Gasteiger partial charge in [0.1, 0.15) is 11.5 Å². The summed E-state index contributed by atoms with van der Waals surface area (Å²) in [6.45, 7) is 4.48. The zero-order valence-electron chi connectivity index (χ0n) is 16.3. The molecule has 0 aliphatic carbocycles. The van der Waals surface area contributed by atoms with Gasteiger partial charge >= 0.3 is 0 Å². The number of hydrazone groups is 1. The second kappa shape index (κ2) is 8.91. The maximum Gasteiger partial charge on any atom is 0.275 e. The zero-order valence-corrected chi connectivity index (χ0v) is 17.9. The number of ether oxygens (including phenoxy) is 1. The molecule has 0 aliphatic rings. The summed E-state index contributed by atoms with van der Waals surface area (Å²) < 4.78 is 8.36. The number of hydrogen-bond donors (Lipinski definition) is 2. The number of phenolic OH excluding ortho intramolecular Hbond substituents is 1. The van der Waals surface area contributed by atoms with Crippen LogP contribution < -0.4 is 10.2 Å². The summed E-state index contributed by atoms with van der Waals surface area (Å²) in [5.41, 5.74) is 6.26. The fourth-order valence-corrected chi connectivity index (χ4v) is 3.17. The standard InChI is InChI=1S/C21H21BrN4O3/c1-13-20(22)14(2)26(25-13)12-16-10-15(8-9-19(16)29-3)11-23-24-21(28)17-6-4-5-7-18(17)27/h4-11,27H,12H2,1-3H3,(H,24,28)/b23-11+. The molecule has 1 heterocycles. The van der Waals surface area contributed by atoms with Crippen LogP contribution in [0.2, 0.25) is 0 Å². The minimum absolute atomic E-state index is 0.0945. The van der Waals surface area contributed by atoms with Crippen LogP contribution in [0.4, 0.5) is 0 Å². The molecule has 0 fully saturated rings. The molecule has 3 aromatic rings. The lowest BCUT2D eigenvalue weighted by atomic mass is 10.1. The molecular weight excluding hydrogens is 436 g/mol. The number of benzene rings is 2. The molecule has 0 bridgehead atoms. The Hall–Kier alpha value is -3.13. The highest BCUT2D eigenvalue weighted by Gasteiger charge is 2.12. The highest BCUT2D eigenvalue weighted by Crippen LogP contribution is 2.24. The second-order valence-corrected chi connectivity index (χ2v) is 7.22. The minimum atomic E-state index is -0.486. The second-order valence-electron chi connectivity index (χ2n) is 6.43. The van der Waals surface area contributed by atoms with Gasteiger partial charge in [-0.1, -0.05) is 12.1 Å². The molecule has 3 rings (SSSR count). The number of carbonyl (C=O) groups is 1. The van der Waals surface area contributed by atoms with Gasteiger partial charge < -0.3 is 9.84 Å². The lowest BCUT2D eigenvalue weighted by Gasteiger charge is -2.11. The van der Waals surface area contributed by atoms with Gasteiger partial charge in [0.25, 0.3) is 5.91 Å². The van der Waals surface area contributed by atoms with Crippen molar-refractivity contribution in [1.29, 1.82) is 0 Å². The maximum atomic E-state index is 12.1. The zero-order chi connectivity index (χ0) is 21.0. The third-order valence-corrected chi connectivity index (χ3v) is 5.59. The van der Waals surface area contributed by atoms with Crippen molar-refractivity contribution in [3.63, 3.8) is 0 Å². The molecule has 1 amide bonds. The molecule has 2 N–H and O–H groups in total. The Bertz CT molecular complexity index is 1080. The molecule has 150 valence electrons. The van der Waals surface area contributed by atoms with Crippen molar-refractivity contribution >= 4 is 28.1 Å². The van der Waals surface area contributed by atoms with Crippen LogP contribution in [0.5, 0.6) is 11.5 Å². The van der Waals surface area contributed by atoms with E-state index in [9.17, 15) is 9.90 Å². The summed E-state index contributed by atoms with van der Waals surface area (Å²) in [5, 5.41) is 18.3. The topological polar surface area (TPSA) is 88.7 Å². The van der Waals surface area contributed by atoms with Crippen LogP contribution >= 0.6 is 15.9 Å². The van der Waals surface area contributed by atoms with Gasteiger partial charge in [-0.2, -0.15) is 10.2 Å². The van der Waals surface area contributed by atoms with Gasteiger partial charge in [-0.05, 0) is 65.7 Å². The van der Waals surface area contributed by atoms with E-state index in [1.807, 2.05) is 36.7 Å². The van der Waals surface area contributed by atoms with E-state index in [0.717, 1.165) is 32.7 Å². The number of aromatic nitrogens is 2. The maximum absolute atomic E-state index is 12.1. The van der Waals surface area contributed by atoms with Gasteiger partial charge in [-0.3, -0.25) is 9.48 Å². The van der Waals surface area contributed by atoms with Crippen molar-refractivity contribution in [1.82, 2.24) is 15.2 Å². The number of aryl methyl sites for hydroxylation is 1. The average molecular weight is 457 g/mol. The number of nitrogens with zero attached hydrogens (tertiary/aromatic N) is 3. The number of phenols is 1. The summed E-state index contributed by atoms with van der Waals surface area (Å²) in [7, 11) is 1.62. The van der Waals surface area contributed by atoms with Crippen LogP contribution in [-0.4, -0.2) is 34.1 Å². The molecule has 29 heavy (non-hydrogen) atoms. The van der Waals surface area contributed by atoms with E-state index in [0.29, 0.717) is 6.54 Å². The fourth-order valence-electron chi connectivity index (χ4n) is 2.88. The Labute approximate surface area is 177 Å². The van der Waals surface area contributed by atoms with E-state index in [2.05, 4.69) is 31.6 Å². The molecular formula is C21H21BrN4O3. The number of carbonyl (C=O) groups excluding carboxylic acids is 1. The first-order valence-electron chi connectivity index (χ1n) is 8.88. The number of amides is 1. The van der Waals surface area contributed by atoms with E-state index in [1.165, 1.54) is 18.3 Å². The summed E-state index contributed by atoms with van der Waals surface area (Å²) in [6, 6.07) is 11.9. The molecule has 0 unspecified atom stereocenters. The third-order valence-electron chi connectivity index (χ3n) is 4.45. The van der Waals surface area contributed by atoms with Crippen LogP contribution in [0.1, 0.15) is 32.9 Å². The first-order valence-corrected chi connectivity index (χ1v) is 9.67. The van der Waals surface area contributed by atoms with Crippen LogP contribution in [0.25, 0.3) is 0 Å². The highest BCUT2D eigenvalue weighted by molar-refractivity contribution is 9.10. The number of aromatic hydroxyl groups is 1. The summed E-state index contributed by atoms with van der Waals surface area (Å²) in [5.74, 6) is 0.160. The van der Waals surface area contributed by atoms with Crippen molar-refractivity contribution in [2.75, 3.05) is 7.11 Å². The molecule has 2 aromatic carbocycles. The fraction of sp³-hybridized carbons (Fsp3) is 0.190. The first kappa shape index (κ1) is 20.6. The van der Waals surface area contributed by atoms with Crippen molar-refractivity contribution < 1.29 is 14.6 Å². The van der Waals surface area contributed by atoms with Crippen molar-refractivity contribution in [3.8, 4) is 11.5 Å². The molecule has 0 saturated heterocycles. The summed E-state index contributed by atoms with van der Waals surface area (Å²) in [4.78, 5) is 12.1. The van der Waals surface area contributed by atoms with Gasteiger partial charge in [0.2, 0.25) is 0 Å². The predicted octanol–water partition coefficient (Wildman–Crippen LogP) is 3.79. The molecule has 1 aromatic heterocycles. The lowest BCUT2D eigenvalue weighted by molar-refractivity contribution is 0.0952. The van der Waals surface area contributed by atoms with Crippen molar-refractivity contribution in [2.45, 2.75) is 20.4 Å². The van der Waals surface area contributed by atoms with Gasteiger partial charge in [0.15, 0.2) is 0 Å².